The van der Waals surface area contributed by atoms with Gasteiger partial charge >= 0.3 is 0 Å². The molecule has 2 unspecified atom stereocenters. The molecular weight excluding hydrogens is 486 g/mol. The quantitative estimate of drug-likeness (QED) is 0.478. The summed E-state index contributed by atoms with van der Waals surface area (Å²) in [6.45, 7) is 11.7. The van der Waals surface area contributed by atoms with Crippen molar-refractivity contribution >= 4 is 17.6 Å². The Labute approximate surface area is 224 Å². The van der Waals surface area contributed by atoms with Crippen LogP contribution in [0.25, 0.3) is 0 Å². The Morgan fingerprint density at radius 1 is 1.16 bits per heavy atom. The second-order valence-corrected chi connectivity index (χ2v) is 11.2. The largest absolute Gasteiger partial charge is 0.360 e. The fraction of sp³-hybridized carbons (Fsp3) is 0.704. The molecule has 11 heteroatoms. The van der Waals surface area contributed by atoms with Crippen molar-refractivity contribution in [3.63, 3.8) is 0 Å². The number of nitrogens with one attached hydrogen (secondary N) is 2. The second kappa shape index (κ2) is 12.5. The van der Waals surface area contributed by atoms with Gasteiger partial charge in [-0.1, -0.05) is 64.2 Å². The molecule has 2 N–H and O–H groups in total. The van der Waals surface area contributed by atoms with Gasteiger partial charge in [-0.15, -0.1) is 0 Å². The topological polar surface area (TPSA) is 135 Å². The molecule has 11 nitrogen and oxygen atoms in total. The number of nitrogens with zero attached hydrogens (tertiary/aromatic N) is 5. The summed E-state index contributed by atoms with van der Waals surface area (Å²) >= 11 is 0. The summed E-state index contributed by atoms with van der Waals surface area (Å²) in [4.78, 5) is 46.7. The first kappa shape index (κ1) is 29.3. The molecule has 2 heterocycles. The first-order chi connectivity index (χ1) is 18.0. The number of carbonyl (C=O) groups is 2. The lowest BCUT2D eigenvalue weighted by atomic mass is 9.92. The van der Waals surface area contributed by atoms with Crippen molar-refractivity contribution in [2.24, 2.45) is 0 Å². The summed E-state index contributed by atoms with van der Waals surface area (Å²) in [5.41, 5.74) is 1.03. The molecule has 210 valence electrons. The third kappa shape index (κ3) is 6.79. The number of aromatic nitrogens is 4. The Balaban J connectivity index is 1.86. The zero-order valence-electron chi connectivity index (χ0n) is 23.8. The van der Waals surface area contributed by atoms with Gasteiger partial charge in [0, 0.05) is 24.7 Å². The summed E-state index contributed by atoms with van der Waals surface area (Å²) < 4.78 is 6.18. The van der Waals surface area contributed by atoms with Gasteiger partial charge in [0.2, 0.25) is 11.8 Å². The molecule has 0 bridgehead atoms. The number of amides is 2. The van der Waals surface area contributed by atoms with E-state index in [-0.39, 0.29) is 35.6 Å². The lowest BCUT2D eigenvalue weighted by Crippen LogP contribution is -2.52. The van der Waals surface area contributed by atoms with Crippen LogP contribution in [0.1, 0.15) is 103 Å². The van der Waals surface area contributed by atoms with E-state index in [0.717, 1.165) is 25.7 Å². The van der Waals surface area contributed by atoms with Crippen LogP contribution in [0.5, 0.6) is 0 Å². The summed E-state index contributed by atoms with van der Waals surface area (Å²) in [5.74, 6) is -0.328. The van der Waals surface area contributed by atoms with Crippen LogP contribution in [0.2, 0.25) is 0 Å². The van der Waals surface area contributed by atoms with Crippen molar-refractivity contribution in [2.45, 2.75) is 117 Å². The number of hydrogen-bond acceptors (Lipinski definition) is 8. The van der Waals surface area contributed by atoms with Crippen LogP contribution >= 0.6 is 0 Å². The van der Waals surface area contributed by atoms with Crippen molar-refractivity contribution < 1.29 is 14.2 Å². The fourth-order valence-electron chi connectivity index (χ4n) is 4.80. The zero-order valence-corrected chi connectivity index (χ0v) is 23.8. The number of aryl methyl sites for hydroxylation is 1. The first-order valence-electron chi connectivity index (χ1n) is 13.7. The molecule has 1 saturated carbocycles. The van der Waals surface area contributed by atoms with E-state index < -0.39 is 17.6 Å². The molecule has 38 heavy (non-hydrogen) atoms. The van der Waals surface area contributed by atoms with Crippen molar-refractivity contribution in [1.29, 1.82) is 0 Å². The zero-order chi connectivity index (χ0) is 28.0. The average molecular weight is 530 g/mol. The third-order valence-electron chi connectivity index (χ3n) is 7.39. The average Bonchev–Trinajstić information content (AvgIpc) is 3.31. The minimum absolute atomic E-state index is 0.0843. The highest BCUT2D eigenvalue weighted by Gasteiger charge is 2.31. The molecule has 0 aliphatic heterocycles. The van der Waals surface area contributed by atoms with Crippen LogP contribution in [0.3, 0.4) is 0 Å². The van der Waals surface area contributed by atoms with Crippen molar-refractivity contribution in [3.05, 3.63) is 33.6 Å². The molecule has 0 saturated heterocycles. The number of rotatable bonds is 10. The monoisotopic (exact) mass is 529 g/mol. The van der Waals surface area contributed by atoms with Crippen molar-refractivity contribution in [3.8, 4) is 0 Å². The number of carbonyl (C=O) groups excluding carboxylic acids is 2. The Morgan fingerprint density at radius 2 is 1.84 bits per heavy atom. The molecule has 2 aromatic rings. The van der Waals surface area contributed by atoms with Gasteiger partial charge in [0.05, 0.1) is 12.2 Å². The first-order valence-corrected chi connectivity index (χ1v) is 13.7. The van der Waals surface area contributed by atoms with E-state index in [2.05, 4.69) is 25.9 Å². The van der Waals surface area contributed by atoms with Crippen LogP contribution in [-0.4, -0.2) is 55.7 Å². The van der Waals surface area contributed by atoms with E-state index in [0.29, 0.717) is 29.9 Å². The Bertz CT molecular complexity index is 1160. The predicted octanol–water partition coefficient (Wildman–Crippen LogP) is 3.48. The molecule has 2 aromatic heterocycles. The summed E-state index contributed by atoms with van der Waals surface area (Å²) in [5, 5.41) is 13.6. The highest BCUT2D eigenvalue weighted by Crippen LogP contribution is 2.24. The normalized spacial score (nSPS) is 16.1. The van der Waals surface area contributed by atoms with Crippen LogP contribution in [0.15, 0.2) is 15.6 Å². The molecule has 0 radical (unpaired) electrons. The molecular formula is C27H43N7O4. The van der Waals surface area contributed by atoms with Crippen LogP contribution in [0.4, 0.5) is 5.82 Å². The molecule has 3 rings (SSSR count). The minimum Gasteiger partial charge on any atom is -0.360 e. The molecule has 0 spiro atoms. The maximum absolute atomic E-state index is 13.5. The van der Waals surface area contributed by atoms with Gasteiger partial charge in [-0.05, 0) is 32.6 Å². The smallest absolute Gasteiger partial charge is 0.294 e. The van der Waals surface area contributed by atoms with Gasteiger partial charge in [0.1, 0.15) is 23.5 Å². The van der Waals surface area contributed by atoms with E-state index in [1.165, 1.54) is 11.0 Å². The number of hydrogen-bond donors (Lipinski definition) is 2. The maximum atomic E-state index is 13.5. The highest BCUT2D eigenvalue weighted by atomic mass is 16.6. The molecule has 1 fully saturated rings. The Hall–Kier alpha value is -3.24. The highest BCUT2D eigenvalue weighted by molar-refractivity contribution is 5.89. The number of likely N-dealkylation sites (N-methyl/N-ethyl adjacent to an activating group) is 1. The van der Waals surface area contributed by atoms with Gasteiger partial charge in [-0.2, -0.15) is 0 Å². The van der Waals surface area contributed by atoms with Crippen LogP contribution < -0.4 is 16.2 Å². The third-order valence-corrected chi connectivity index (χ3v) is 7.39. The molecule has 1 aliphatic rings. The number of anilines is 1. The van der Waals surface area contributed by atoms with Gasteiger partial charge in [0.15, 0.2) is 5.82 Å². The van der Waals surface area contributed by atoms with Crippen LogP contribution in [-0.2, 0) is 21.5 Å². The summed E-state index contributed by atoms with van der Waals surface area (Å²) in [6, 6.07) is -1.24. The molecule has 1 aliphatic carbocycles. The maximum Gasteiger partial charge on any atom is 0.294 e. The van der Waals surface area contributed by atoms with E-state index in [1.54, 1.807) is 18.0 Å². The van der Waals surface area contributed by atoms with E-state index in [1.807, 2.05) is 41.7 Å². The van der Waals surface area contributed by atoms with Crippen molar-refractivity contribution in [1.82, 2.24) is 30.1 Å². The van der Waals surface area contributed by atoms with Crippen molar-refractivity contribution in [2.75, 3.05) is 12.4 Å². The van der Waals surface area contributed by atoms with Gasteiger partial charge in [0.25, 0.3) is 5.56 Å². The van der Waals surface area contributed by atoms with Gasteiger partial charge < -0.3 is 15.5 Å². The SMILES string of the molecule is CCC(NC(=O)C(CC)n1cc(C(C)(C)C)nc(NCc2nonc2C)c1=O)C(=O)N(C)C1CCCCC1. The Morgan fingerprint density at radius 3 is 2.39 bits per heavy atom. The van der Waals surface area contributed by atoms with Crippen LogP contribution in [0, 0.1) is 6.92 Å². The lowest BCUT2D eigenvalue weighted by molar-refractivity contribution is -0.138. The minimum atomic E-state index is -0.801. The molecule has 2 amide bonds. The van der Waals surface area contributed by atoms with Gasteiger partial charge in [-0.3, -0.25) is 19.0 Å². The summed E-state index contributed by atoms with van der Waals surface area (Å²) in [7, 11) is 1.83. The van der Waals surface area contributed by atoms with Gasteiger partial charge in [-0.25, -0.2) is 9.61 Å². The second-order valence-electron chi connectivity index (χ2n) is 11.2. The lowest BCUT2D eigenvalue weighted by Gasteiger charge is -2.34. The van der Waals surface area contributed by atoms with E-state index >= 15 is 0 Å². The molecule has 2 atom stereocenters. The van der Waals surface area contributed by atoms with E-state index in [9.17, 15) is 14.4 Å². The standard InChI is InChI=1S/C27H43N7O4/c1-8-19(25(36)33(7)18-13-11-10-12-14-18)29-24(35)21(9-2)34-16-22(27(4,5)6)30-23(26(34)37)28-15-20-17(3)31-38-32-20/h16,18-19,21H,8-15H2,1-7H3,(H,28,30)(H,29,35). The summed E-state index contributed by atoms with van der Waals surface area (Å²) in [6.07, 6.45) is 7.91. The Kier molecular flexibility index (Phi) is 9.67. The fourth-order valence-corrected chi connectivity index (χ4v) is 4.80. The van der Waals surface area contributed by atoms with E-state index in [4.69, 9.17) is 4.63 Å². The predicted molar refractivity (Wildman–Crippen MR) is 145 cm³/mol. The molecule has 0 aromatic carbocycles.